The lowest BCUT2D eigenvalue weighted by Gasteiger charge is -2.33. The highest BCUT2D eigenvalue weighted by Crippen LogP contribution is 2.21. The Hall–Kier alpha value is -1.86. The number of carboxylic acids is 1. The summed E-state index contributed by atoms with van der Waals surface area (Å²) in [6.07, 6.45) is 2.28. The van der Waals surface area contributed by atoms with Crippen LogP contribution in [0.2, 0.25) is 5.02 Å². The molecule has 138 valence electrons. The zero-order chi connectivity index (χ0) is 18.2. The number of benzene rings is 1. The predicted octanol–water partition coefficient (Wildman–Crippen LogP) is 2.61. The maximum absolute atomic E-state index is 13.1. The van der Waals surface area contributed by atoms with Gasteiger partial charge in [0.1, 0.15) is 5.82 Å². The molecular formula is C17H23ClFN3O3. The molecule has 1 fully saturated rings. The highest BCUT2D eigenvalue weighted by molar-refractivity contribution is 6.31. The number of nitrogens with one attached hydrogen (secondary N) is 2. The third kappa shape index (κ3) is 6.88. The molecule has 0 aromatic heterocycles. The number of carbonyl (C=O) groups is 2. The molecule has 1 saturated heterocycles. The number of amides is 2. The van der Waals surface area contributed by atoms with E-state index in [1.807, 2.05) is 0 Å². The Kier molecular flexibility index (Phi) is 7.46. The number of nitrogens with zero attached hydrogens (tertiary/aromatic N) is 1. The van der Waals surface area contributed by atoms with Gasteiger partial charge in [0.25, 0.3) is 0 Å². The van der Waals surface area contributed by atoms with Gasteiger partial charge in [-0.05, 0) is 43.5 Å². The molecule has 8 heteroatoms. The smallest absolute Gasteiger partial charge is 0.315 e. The maximum Gasteiger partial charge on any atom is 0.315 e. The van der Waals surface area contributed by atoms with E-state index >= 15 is 0 Å². The van der Waals surface area contributed by atoms with Gasteiger partial charge in [-0.1, -0.05) is 17.7 Å². The van der Waals surface area contributed by atoms with Gasteiger partial charge >= 0.3 is 12.0 Å². The zero-order valence-corrected chi connectivity index (χ0v) is 14.7. The SMILES string of the molecule is O=C(O)CCCNC(=O)NC1CCCN(Cc2ccc(F)cc2Cl)C1. The second-order valence-corrected chi connectivity index (χ2v) is 6.61. The van der Waals surface area contributed by atoms with E-state index in [0.717, 1.165) is 24.9 Å². The molecule has 1 aliphatic heterocycles. The van der Waals surface area contributed by atoms with Crippen LogP contribution in [0.5, 0.6) is 0 Å². The van der Waals surface area contributed by atoms with Crippen molar-refractivity contribution in [1.82, 2.24) is 15.5 Å². The molecule has 25 heavy (non-hydrogen) atoms. The lowest BCUT2D eigenvalue weighted by Crippen LogP contribution is -2.50. The minimum atomic E-state index is -0.871. The predicted molar refractivity (Wildman–Crippen MR) is 93.1 cm³/mol. The molecule has 1 aromatic rings. The van der Waals surface area contributed by atoms with Crippen LogP contribution in [0.3, 0.4) is 0 Å². The maximum atomic E-state index is 13.1. The minimum absolute atomic E-state index is 0.0208. The third-order valence-electron chi connectivity index (χ3n) is 4.10. The average molecular weight is 372 g/mol. The Balaban J connectivity index is 1.76. The van der Waals surface area contributed by atoms with Gasteiger partial charge in [0.2, 0.25) is 0 Å². The largest absolute Gasteiger partial charge is 0.481 e. The van der Waals surface area contributed by atoms with Crippen LogP contribution in [-0.2, 0) is 11.3 Å². The Morgan fingerprint density at radius 3 is 2.92 bits per heavy atom. The highest BCUT2D eigenvalue weighted by Gasteiger charge is 2.22. The number of carbonyl (C=O) groups excluding carboxylic acids is 1. The van der Waals surface area contributed by atoms with Crippen LogP contribution in [-0.4, -0.2) is 47.7 Å². The molecule has 3 N–H and O–H groups in total. The molecule has 1 atom stereocenters. The molecule has 1 aliphatic rings. The second kappa shape index (κ2) is 9.58. The standard InChI is InChI=1S/C17H23ClFN3O3/c18-15-9-13(19)6-5-12(15)10-22-8-2-3-14(11-22)21-17(25)20-7-1-4-16(23)24/h5-6,9,14H,1-4,7-8,10-11H2,(H,23,24)(H2,20,21,25). The first kappa shape index (κ1) is 19.5. The molecule has 6 nitrogen and oxygen atoms in total. The van der Waals surface area contributed by atoms with Crippen molar-refractivity contribution < 1.29 is 19.1 Å². The van der Waals surface area contributed by atoms with E-state index in [2.05, 4.69) is 15.5 Å². The van der Waals surface area contributed by atoms with E-state index in [1.54, 1.807) is 6.07 Å². The Morgan fingerprint density at radius 1 is 1.40 bits per heavy atom. The van der Waals surface area contributed by atoms with Crippen molar-refractivity contribution in [3.05, 3.63) is 34.6 Å². The number of hydrogen-bond acceptors (Lipinski definition) is 3. The van der Waals surface area contributed by atoms with Gasteiger partial charge in [0, 0.05) is 37.1 Å². The number of likely N-dealkylation sites (tertiary alicyclic amines) is 1. The van der Waals surface area contributed by atoms with E-state index in [0.29, 0.717) is 31.1 Å². The third-order valence-corrected chi connectivity index (χ3v) is 4.45. The fourth-order valence-corrected chi connectivity index (χ4v) is 3.11. The minimum Gasteiger partial charge on any atom is -0.481 e. The molecule has 1 unspecified atom stereocenters. The number of urea groups is 1. The lowest BCUT2D eigenvalue weighted by molar-refractivity contribution is -0.137. The first-order chi connectivity index (χ1) is 11.9. The molecule has 0 spiro atoms. The molecule has 2 rings (SSSR count). The van der Waals surface area contributed by atoms with Crippen LogP contribution in [0, 0.1) is 5.82 Å². The number of piperidine rings is 1. The number of halogens is 2. The summed E-state index contributed by atoms with van der Waals surface area (Å²) >= 11 is 6.07. The molecule has 0 radical (unpaired) electrons. The van der Waals surface area contributed by atoms with Crippen LogP contribution in [0.15, 0.2) is 18.2 Å². The van der Waals surface area contributed by atoms with Crippen molar-refractivity contribution in [3.8, 4) is 0 Å². The number of aliphatic carboxylic acids is 1. The van der Waals surface area contributed by atoms with Gasteiger partial charge in [0.05, 0.1) is 0 Å². The summed E-state index contributed by atoms with van der Waals surface area (Å²) in [7, 11) is 0. The summed E-state index contributed by atoms with van der Waals surface area (Å²) < 4.78 is 13.1. The molecule has 1 heterocycles. The fourth-order valence-electron chi connectivity index (χ4n) is 2.89. The van der Waals surface area contributed by atoms with Crippen molar-refractivity contribution in [2.75, 3.05) is 19.6 Å². The summed E-state index contributed by atoms with van der Waals surface area (Å²) in [4.78, 5) is 24.5. The van der Waals surface area contributed by atoms with Crippen LogP contribution < -0.4 is 10.6 Å². The molecule has 0 aliphatic carbocycles. The van der Waals surface area contributed by atoms with E-state index in [4.69, 9.17) is 16.7 Å². The molecule has 2 amide bonds. The topological polar surface area (TPSA) is 81.7 Å². The van der Waals surface area contributed by atoms with Gasteiger partial charge < -0.3 is 15.7 Å². The van der Waals surface area contributed by atoms with Gasteiger partial charge in [-0.25, -0.2) is 9.18 Å². The summed E-state index contributed by atoms with van der Waals surface area (Å²) in [6, 6.07) is 4.13. The van der Waals surface area contributed by atoms with E-state index in [1.165, 1.54) is 12.1 Å². The van der Waals surface area contributed by atoms with Crippen LogP contribution in [0.25, 0.3) is 0 Å². The Morgan fingerprint density at radius 2 is 2.20 bits per heavy atom. The van der Waals surface area contributed by atoms with Gasteiger partial charge in [-0.15, -0.1) is 0 Å². The van der Waals surface area contributed by atoms with Crippen molar-refractivity contribution in [1.29, 1.82) is 0 Å². The number of carboxylic acid groups (broad SMARTS) is 1. The second-order valence-electron chi connectivity index (χ2n) is 6.21. The van der Waals surface area contributed by atoms with Crippen LogP contribution in [0.4, 0.5) is 9.18 Å². The van der Waals surface area contributed by atoms with E-state index in [9.17, 15) is 14.0 Å². The summed E-state index contributed by atoms with van der Waals surface area (Å²) in [5, 5.41) is 14.6. The van der Waals surface area contributed by atoms with Crippen molar-refractivity contribution >= 4 is 23.6 Å². The Bertz CT molecular complexity index is 615. The van der Waals surface area contributed by atoms with E-state index < -0.39 is 5.97 Å². The molecular weight excluding hydrogens is 349 g/mol. The van der Waals surface area contributed by atoms with Crippen LogP contribution in [0.1, 0.15) is 31.2 Å². The zero-order valence-electron chi connectivity index (χ0n) is 13.9. The summed E-state index contributed by atoms with van der Waals surface area (Å²) in [5.41, 5.74) is 0.863. The first-order valence-corrected chi connectivity index (χ1v) is 8.74. The number of hydrogen-bond donors (Lipinski definition) is 3. The van der Waals surface area contributed by atoms with Crippen LogP contribution >= 0.6 is 11.6 Å². The Labute approximate surface area is 151 Å². The van der Waals surface area contributed by atoms with Crippen molar-refractivity contribution in [2.24, 2.45) is 0 Å². The van der Waals surface area contributed by atoms with Gasteiger partial charge in [-0.2, -0.15) is 0 Å². The summed E-state index contributed by atoms with van der Waals surface area (Å²) in [6.45, 7) is 2.53. The normalized spacial score (nSPS) is 17.9. The molecule has 0 saturated carbocycles. The van der Waals surface area contributed by atoms with Gasteiger partial charge in [0.15, 0.2) is 0 Å². The summed E-state index contributed by atoms with van der Waals surface area (Å²) in [5.74, 6) is -1.23. The van der Waals surface area contributed by atoms with E-state index in [-0.39, 0.29) is 24.3 Å². The van der Waals surface area contributed by atoms with Crippen molar-refractivity contribution in [3.63, 3.8) is 0 Å². The lowest BCUT2D eigenvalue weighted by atomic mass is 10.0. The monoisotopic (exact) mass is 371 g/mol. The highest BCUT2D eigenvalue weighted by atomic mass is 35.5. The quantitative estimate of drug-likeness (QED) is 0.643. The first-order valence-electron chi connectivity index (χ1n) is 8.36. The van der Waals surface area contributed by atoms with Crippen molar-refractivity contribution in [2.45, 2.75) is 38.3 Å². The molecule has 0 bridgehead atoms. The molecule has 1 aromatic carbocycles. The average Bonchev–Trinajstić information content (AvgIpc) is 2.54. The number of rotatable bonds is 7. The van der Waals surface area contributed by atoms with Gasteiger partial charge in [-0.3, -0.25) is 9.69 Å². The fraction of sp³-hybridized carbons (Fsp3) is 0.529.